The third-order valence-electron chi connectivity index (χ3n) is 4.15. The molecule has 0 saturated heterocycles. The van der Waals surface area contributed by atoms with Gasteiger partial charge >= 0.3 is 0 Å². The third-order valence-corrected chi connectivity index (χ3v) is 5.25. The lowest BCUT2D eigenvalue weighted by Crippen LogP contribution is -2.12. The number of aromatic nitrogens is 1. The molecule has 1 amide bonds. The maximum Gasteiger partial charge on any atom is 0.272 e. The van der Waals surface area contributed by atoms with Gasteiger partial charge in [-0.25, -0.2) is 0 Å². The number of nitrogens with zero attached hydrogens (tertiary/aromatic N) is 3. The lowest BCUT2D eigenvalue weighted by molar-refractivity contribution is -0.384. The lowest BCUT2D eigenvalue weighted by Gasteiger charge is -2.00. The van der Waals surface area contributed by atoms with Gasteiger partial charge in [-0.05, 0) is 60.9 Å². The van der Waals surface area contributed by atoms with Gasteiger partial charge < -0.3 is 4.57 Å². The zero-order chi connectivity index (χ0) is 18.8. The molecular formula is C19H17N3O3S. The molecule has 1 heterocycles. The molecule has 7 heteroatoms. The average Bonchev–Trinajstić information content (AvgIpc) is 2.89. The minimum Gasteiger partial charge on any atom is -0.319 e. The van der Waals surface area contributed by atoms with Gasteiger partial charge in [0, 0.05) is 25.3 Å². The summed E-state index contributed by atoms with van der Waals surface area (Å²) in [6.07, 6.45) is 2.96. The number of carbonyl (C=O) groups excluding carboxylic acids is 1. The minimum atomic E-state index is -0.459. The fourth-order valence-corrected chi connectivity index (χ4v) is 3.60. The molecule has 0 bridgehead atoms. The van der Waals surface area contributed by atoms with E-state index in [0.29, 0.717) is 10.4 Å². The number of nitro benzene ring substituents is 1. The number of carbonyl (C=O) groups is 1. The van der Waals surface area contributed by atoms with Crippen LogP contribution in [0.3, 0.4) is 0 Å². The van der Waals surface area contributed by atoms with Gasteiger partial charge in [0.05, 0.1) is 15.1 Å². The summed E-state index contributed by atoms with van der Waals surface area (Å²) in [5, 5.41) is 10.6. The number of thiazole rings is 1. The van der Waals surface area contributed by atoms with Crippen molar-refractivity contribution in [1.82, 2.24) is 4.57 Å². The second-order valence-corrected chi connectivity index (χ2v) is 6.99. The highest BCUT2D eigenvalue weighted by Crippen LogP contribution is 2.21. The molecule has 132 valence electrons. The largest absolute Gasteiger partial charge is 0.319 e. The van der Waals surface area contributed by atoms with Crippen molar-refractivity contribution in [1.29, 1.82) is 0 Å². The Morgan fingerprint density at radius 2 is 1.85 bits per heavy atom. The first-order chi connectivity index (χ1) is 12.3. The Morgan fingerprint density at radius 3 is 2.50 bits per heavy atom. The monoisotopic (exact) mass is 367 g/mol. The van der Waals surface area contributed by atoms with Crippen LogP contribution in [0.5, 0.6) is 0 Å². The Bertz CT molecular complexity index is 1110. The van der Waals surface area contributed by atoms with E-state index >= 15 is 0 Å². The summed E-state index contributed by atoms with van der Waals surface area (Å²) in [5.74, 6) is -0.376. The van der Waals surface area contributed by atoms with Crippen LogP contribution in [0.15, 0.2) is 47.5 Å². The highest BCUT2D eigenvalue weighted by atomic mass is 32.1. The van der Waals surface area contributed by atoms with E-state index in [1.807, 2.05) is 11.6 Å². The summed E-state index contributed by atoms with van der Waals surface area (Å²) < 4.78 is 2.99. The molecule has 3 aromatic rings. The highest BCUT2D eigenvalue weighted by molar-refractivity contribution is 7.16. The van der Waals surface area contributed by atoms with Gasteiger partial charge in [0.15, 0.2) is 4.80 Å². The van der Waals surface area contributed by atoms with E-state index in [4.69, 9.17) is 0 Å². The topological polar surface area (TPSA) is 77.5 Å². The molecular weight excluding hydrogens is 350 g/mol. The Morgan fingerprint density at radius 1 is 1.19 bits per heavy atom. The number of rotatable bonds is 3. The Kier molecular flexibility index (Phi) is 4.81. The molecule has 6 nitrogen and oxygen atoms in total. The highest BCUT2D eigenvalue weighted by Gasteiger charge is 2.06. The summed E-state index contributed by atoms with van der Waals surface area (Å²) >= 11 is 1.47. The van der Waals surface area contributed by atoms with Crippen LogP contribution in [-0.4, -0.2) is 15.4 Å². The van der Waals surface area contributed by atoms with E-state index in [9.17, 15) is 14.9 Å². The molecule has 0 spiro atoms. The molecule has 0 saturated carbocycles. The van der Waals surface area contributed by atoms with Crippen molar-refractivity contribution < 1.29 is 9.72 Å². The van der Waals surface area contributed by atoms with E-state index in [1.165, 1.54) is 40.7 Å². The molecule has 0 aliphatic rings. The molecule has 26 heavy (non-hydrogen) atoms. The minimum absolute atomic E-state index is 0.0149. The predicted octanol–water partition coefficient (Wildman–Crippen LogP) is 3.91. The summed E-state index contributed by atoms with van der Waals surface area (Å²) in [4.78, 5) is 27.1. The first-order valence-corrected chi connectivity index (χ1v) is 8.75. The smallest absolute Gasteiger partial charge is 0.272 e. The number of hydrogen-bond donors (Lipinski definition) is 0. The first-order valence-electron chi connectivity index (χ1n) is 7.93. The van der Waals surface area contributed by atoms with Crippen molar-refractivity contribution in [3.8, 4) is 0 Å². The molecule has 0 aliphatic carbocycles. The standard InChI is InChI=1S/C19H17N3O3S/c1-12-10-16-17(11-13(12)2)26-19(21(16)3)20-18(23)9-6-14-4-7-15(8-5-14)22(24)25/h4-11H,1-3H3/b9-6-,20-19?. The van der Waals surface area contributed by atoms with Crippen molar-refractivity contribution >= 4 is 39.2 Å². The quantitative estimate of drug-likeness (QED) is 0.400. The first kappa shape index (κ1) is 17.8. The molecule has 0 aliphatic heterocycles. The predicted molar refractivity (Wildman–Crippen MR) is 103 cm³/mol. The summed E-state index contributed by atoms with van der Waals surface area (Å²) in [6, 6.07) is 10.2. The van der Waals surface area contributed by atoms with E-state index < -0.39 is 4.92 Å². The van der Waals surface area contributed by atoms with Crippen LogP contribution in [0.4, 0.5) is 5.69 Å². The van der Waals surface area contributed by atoms with Crippen molar-refractivity contribution in [2.75, 3.05) is 0 Å². The normalized spacial score (nSPS) is 12.2. The van der Waals surface area contributed by atoms with Gasteiger partial charge in [0.1, 0.15) is 0 Å². The lowest BCUT2D eigenvalue weighted by atomic mass is 10.1. The fraction of sp³-hybridized carbons (Fsp3) is 0.158. The zero-order valence-corrected chi connectivity index (χ0v) is 15.4. The van der Waals surface area contributed by atoms with Crippen LogP contribution < -0.4 is 4.80 Å². The van der Waals surface area contributed by atoms with Gasteiger partial charge in [-0.3, -0.25) is 14.9 Å². The van der Waals surface area contributed by atoms with Gasteiger partial charge in [0.25, 0.3) is 11.6 Å². The molecule has 0 unspecified atom stereocenters. The van der Waals surface area contributed by atoms with Crippen LogP contribution in [0, 0.1) is 24.0 Å². The van der Waals surface area contributed by atoms with Gasteiger partial charge in [0.2, 0.25) is 0 Å². The van der Waals surface area contributed by atoms with Crippen LogP contribution in [-0.2, 0) is 11.8 Å². The average molecular weight is 367 g/mol. The van der Waals surface area contributed by atoms with E-state index in [0.717, 1.165) is 10.2 Å². The van der Waals surface area contributed by atoms with Crippen molar-refractivity contribution in [2.45, 2.75) is 13.8 Å². The van der Waals surface area contributed by atoms with Crippen molar-refractivity contribution in [2.24, 2.45) is 12.0 Å². The van der Waals surface area contributed by atoms with Crippen LogP contribution >= 0.6 is 11.3 Å². The van der Waals surface area contributed by atoms with E-state index in [2.05, 4.69) is 31.0 Å². The second kappa shape index (κ2) is 7.05. The zero-order valence-electron chi connectivity index (χ0n) is 14.6. The van der Waals surface area contributed by atoms with Crippen molar-refractivity contribution in [3.05, 3.63) is 74.1 Å². The SMILES string of the molecule is Cc1cc2sc(=NC(=O)/C=C\c3ccc([N+](=O)[O-])cc3)n(C)c2cc1C. The van der Waals surface area contributed by atoms with Crippen LogP contribution in [0.25, 0.3) is 16.3 Å². The summed E-state index contributed by atoms with van der Waals surface area (Å²) in [6.45, 7) is 4.12. The number of fused-ring (bicyclic) bond motifs is 1. The maximum absolute atomic E-state index is 12.2. The van der Waals surface area contributed by atoms with E-state index in [1.54, 1.807) is 18.2 Å². The molecule has 0 fully saturated rings. The Balaban J connectivity index is 1.87. The number of aryl methyl sites for hydroxylation is 3. The number of non-ortho nitro benzene ring substituents is 1. The molecule has 2 aromatic carbocycles. The van der Waals surface area contributed by atoms with Gasteiger partial charge in [-0.15, -0.1) is 0 Å². The number of benzene rings is 2. The number of nitro groups is 1. The summed E-state index contributed by atoms with van der Waals surface area (Å²) in [7, 11) is 1.89. The molecule has 3 rings (SSSR count). The second-order valence-electron chi connectivity index (χ2n) is 5.98. The van der Waals surface area contributed by atoms with Gasteiger partial charge in [-0.1, -0.05) is 11.3 Å². The third kappa shape index (κ3) is 3.62. The number of amides is 1. The molecule has 0 atom stereocenters. The maximum atomic E-state index is 12.2. The molecule has 1 aromatic heterocycles. The van der Waals surface area contributed by atoms with Crippen molar-refractivity contribution in [3.63, 3.8) is 0 Å². The summed E-state index contributed by atoms with van der Waals surface area (Å²) in [5.41, 5.74) is 4.16. The Hall–Kier alpha value is -3.06. The molecule has 0 N–H and O–H groups in total. The number of hydrogen-bond acceptors (Lipinski definition) is 4. The van der Waals surface area contributed by atoms with Gasteiger partial charge in [-0.2, -0.15) is 4.99 Å². The Labute approximate surface area is 153 Å². The fourth-order valence-electron chi connectivity index (χ4n) is 2.49. The van der Waals surface area contributed by atoms with Crippen LogP contribution in [0.1, 0.15) is 16.7 Å². The van der Waals surface area contributed by atoms with E-state index in [-0.39, 0.29) is 11.6 Å². The molecule has 0 radical (unpaired) electrons. The van der Waals surface area contributed by atoms with Crippen LogP contribution in [0.2, 0.25) is 0 Å².